The van der Waals surface area contributed by atoms with Crippen LogP contribution in [0, 0.1) is 0 Å². The van der Waals surface area contributed by atoms with Crippen molar-refractivity contribution < 1.29 is 75.8 Å². The van der Waals surface area contributed by atoms with Crippen LogP contribution in [0.5, 0.6) is 0 Å². The van der Waals surface area contributed by atoms with Gasteiger partial charge < -0.3 is 34.2 Å². The lowest BCUT2D eigenvalue weighted by molar-refractivity contribution is -0.161. The molecule has 0 aliphatic heterocycles. The van der Waals surface area contributed by atoms with E-state index in [2.05, 4.69) is 191 Å². The number of aliphatic hydroxyl groups is 2. The summed E-state index contributed by atoms with van der Waals surface area (Å²) in [4.78, 5) is 59.2. The molecule has 0 rings (SSSR count). The highest BCUT2D eigenvalue weighted by atomic mass is 31.2. The smallest absolute Gasteiger partial charge is 0.463 e. The van der Waals surface area contributed by atoms with E-state index >= 15 is 0 Å². The van der Waals surface area contributed by atoms with Crippen LogP contribution in [-0.2, 0) is 55.8 Å². The maximum absolute atomic E-state index is 13.1. The maximum atomic E-state index is 13.1. The molecule has 0 spiro atoms. The van der Waals surface area contributed by atoms with Crippen LogP contribution in [0.1, 0.15) is 432 Å². The zero-order valence-corrected chi connectivity index (χ0v) is 81.3. The average molecular weight is 1790 g/mol. The van der Waals surface area contributed by atoms with Gasteiger partial charge in [-0.15, -0.1) is 0 Å². The van der Waals surface area contributed by atoms with Crippen LogP contribution in [-0.4, -0.2) is 95.9 Å². The lowest BCUT2D eigenvalue weighted by Crippen LogP contribution is -2.30. The van der Waals surface area contributed by atoms with Crippen molar-refractivity contribution in [2.24, 2.45) is 0 Å². The van der Waals surface area contributed by atoms with Gasteiger partial charge >= 0.3 is 33.6 Å². The van der Waals surface area contributed by atoms with Gasteiger partial charge in [0.1, 0.15) is 25.4 Å². The van der Waals surface area contributed by atoms with Crippen molar-refractivity contribution in [3.63, 3.8) is 0 Å². The first-order valence-electron chi connectivity index (χ1n) is 50.4. The molecule has 4 N–H and O–H groups in total. The fourth-order valence-corrected chi connectivity index (χ4v) is 15.4. The molecular weight excluding hydrogens is 1600 g/mol. The number of hydrogen-bond acceptors (Lipinski definition) is 14. The van der Waals surface area contributed by atoms with E-state index in [4.69, 9.17) is 32.3 Å². The SMILES string of the molecule is CC/C=C\C/C=C\C/C=C\C/C=C\C/C=C\C/C=C\CCCCCCCCCCC(=O)OCC(COP(=O)(O)OCC(O)COP(=O)(O)OCC(O)COC(=O)CCCCCCCCCCCCCCCCCCCCC/C=C\C/C=C\C/C=C\C/C=C\CCCCC)OC(=O)CCCCCCCCCCCCC/C=C\C/C=C\C/C=C\C/C=C\CCCCC. The Bertz CT molecular complexity index is 2950. The number of unbranched alkanes of at least 4 members (excludes halogenated alkanes) is 44. The number of allylic oxidation sites excluding steroid dienone is 28. The zero-order chi connectivity index (χ0) is 90.7. The third-order valence-corrected chi connectivity index (χ3v) is 23.3. The van der Waals surface area contributed by atoms with E-state index in [0.717, 1.165) is 167 Å². The van der Waals surface area contributed by atoms with Gasteiger partial charge in [0.25, 0.3) is 0 Å². The van der Waals surface area contributed by atoms with Crippen molar-refractivity contribution in [1.29, 1.82) is 0 Å². The molecule has 18 heteroatoms. The van der Waals surface area contributed by atoms with Crippen molar-refractivity contribution in [3.8, 4) is 0 Å². The quantitative estimate of drug-likeness (QED) is 0.0146. The molecule has 5 atom stereocenters. The normalized spacial score (nSPS) is 14.4. The largest absolute Gasteiger partial charge is 0.472 e. The molecule has 125 heavy (non-hydrogen) atoms. The van der Waals surface area contributed by atoms with E-state index in [0.29, 0.717) is 19.3 Å². The van der Waals surface area contributed by atoms with Crippen LogP contribution < -0.4 is 0 Å². The lowest BCUT2D eigenvalue weighted by atomic mass is 10.0. The van der Waals surface area contributed by atoms with Crippen LogP contribution in [0.3, 0.4) is 0 Å². The van der Waals surface area contributed by atoms with Crippen LogP contribution in [0.4, 0.5) is 0 Å². The van der Waals surface area contributed by atoms with Crippen LogP contribution in [0.2, 0.25) is 0 Å². The van der Waals surface area contributed by atoms with E-state index in [-0.39, 0.29) is 19.3 Å². The van der Waals surface area contributed by atoms with E-state index in [1.165, 1.54) is 205 Å². The topological polar surface area (TPSA) is 231 Å². The molecule has 5 unspecified atom stereocenters. The Labute approximate surface area is 764 Å². The highest BCUT2D eigenvalue weighted by molar-refractivity contribution is 7.47. The average Bonchev–Trinajstić information content (AvgIpc) is 0.886. The summed E-state index contributed by atoms with van der Waals surface area (Å²) >= 11 is 0. The van der Waals surface area contributed by atoms with Gasteiger partial charge in [0, 0.05) is 19.3 Å². The number of carbonyl (C=O) groups excluding carboxylic acids is 3. The Kier molecular flexibility index (Phi) is 94.0. The van der Waals surface area contributed by atoms with Gasteiger partial charge in [-0.1, -0.05) is 422 Å². The number of phosphoric acid groups is 2. The minimum atomic E-state index is -4.95. The van der Waals surface area contributed by atoms with Gasteiger partial charge in [0.2, 0.25) is 0 Å². The highest BCUT2D eigenvalue weighted by Gasteiger charge is 2.30. The summed E-state index contributed by atoms with van der Waals surface area (Å²) in [6, 6.07) is 0. The summed E-state index contributed by atoms with van der Waals surface area (Å²) < 4.78 is 61.7. The summed E-state index contributed by atoms with van der Waals surface area (Å²) in [5.74, 6) is -1.58. The van der Waals surface area contributed by atoms with E-state index < -0.39 is 91.5 Å². The summed E-state index contributed by atoms with van der Waals surface area (Å²) in [6.07, 6.45) is 128. The van der Waals surface area contributed by atoms with Gasteiger partial charge in [-0.25, -0.2) is 9.13 Å². The van der Waals surface area contributed by atoms with Gasteiger partial charge in [-0.3, -0.25) is 32.5 Å². The predicted molar refractivity (Wildman–Crippen MR) is 528 cm³/mol. The minimum Gasteiger partial charge on any atom is -0.463 e. The molecule has 0 bridgehead atoms. The Morgan fingerprint density at radius 2 is 0.424 bits per heavy atom. The standard InChI is InChI=1S/C107H184O16P2/c1-4-7-10-13-16-19-22-25-28-31-34-37-40-43-46-47-48-49-50-51-52-53-56-58-60-63-66-69-72-75-78-81-84-87-90-93-105(110)117-96-102(108)97-119-124(113,114)120-98-103(109)99-121-125(115,116)122-101-104(123-107(112)95-92-89-86-83-80-77-74-71-68-65-62-59-55-45-42-39-36-33-30-27-24-21-18-15-12-9-6-3)100-118-106(111)94-91-88-85-82-79-76-73-70-67-64-61-57-54-44-41-38-35-32-29-26-23-20-17-14-11-8-5-2/h8,11,16-21,25-30,34-39,43-46,54-55,61,64,102-104,108-109H,4-7,9-10,12-15,22-24,31-33,40-42,47-53,56-60,62-63,65-101H2,1-3H3,(H,113,114)(H,115,116)/b11-8-,19-16-,20-17-,21-18-,28-25-,29-26-,30-27-,37-34-,38-35-,39-36-,46-43-,54-44-,55-45-,64-61-. The fourth-order valence-electron chi connectivity index (χ4n) is 13.8. The Balaban J connectivity index is 4.59. The van der Waals surface area contributed by atoms with Crippen LogP contribution >= 0.6 is 15.6 Å². The molecule has 718 valence electrons. The Morgan fingerprint density at radius 1 is 0.232 bits per heavy atom. The third-order valence-electron chi connectivity index (χ3n) is 21.4. The van der Waals surface area contributed by atoms with Crippen LogP contribution in [0.25, 0.3) is 0 Å². The first kappa shape index (κ1) is 120. The van der Waals surface area contributed by atoms with Crippen molar-refractivity contribution in [2.75, 3.05) is 39.6 Å². The van der Waals surface area contributed by atoms with Gasteiger partial charge in [-0.05, 0) is 161 Å². The van der Waals surface area contributed by atoms with Crippen molar-refractivity contribution in [1.82, 2.24) is 0 Å². The van der Waals surface area contributed by atoms with Gasteiger partial charge in [-0.2, -0.15) is 0 Å². The van der Waals surface area contributed by atoms with E-state index in [9.17, 15) is 43.5 Å². The predicted octanol–water partition coefficient (Wildman–Crippen LogP) is 31.8. The summed E-state index contributed by atoms with van der Waals surface area (Å²) in [5.41, 5.74) is 0. The summed E-state index contributed by atoms with van der Waals surface area (Å²) in [5, 5.41) is 20.8. The summed E-state index contributed by atoms with van der Waals surface area (Å²) in [7, 11) is -9.82. The second-order valence-electron chi connectivity index (χ2n) is 33.5. The Morgan fingerprint density at radius 3 is 0.672 bits per heavy atom. The number of hydrogen-bond donors (Lipinski definition) is 4. The van der Waals surface area contributed by atoms with E-state index in [1.54, 1.807) is 0 Å². The molecule has 0 saturated heterocycles. The van der Waals surface area contributed by atoms with Crippen molar-refractivity contribution in [3.05, 3.63) is 170 Å². The number of phosphoric ester groups is 2. The van der Waals surface area contributed by atoms with Gasteiger partial charge in [0.05, 0.1) is 26.4 Å². The number of ether oxygens (including phenoxy) is 3. The first-order chi connectivity index (χ1) is 61.2. The molecule has 0 aliphatic carbocycles. The zero-order valence-electron chi connectivity index (χ0n) is 79.5. The highest BCUT2D eigenvalue weighted by Crippen LogP contribution is 2.45. The third kappa shape index (κ3) is 99.3. The molecule has 0 heterocycles. The molecule has 0 aromatic carbocycles. The molecular formula is C107H184O16P2. The second-order valence-corrected chi connectivity index (χ2v) is 36.5. The molecule has 0 aromatic heterocycles. The lowest BCUT2D eigenvalue weighted by Gasteiger charge is -2.21. The van der Waals surface area contributed by atoms with E-state index in [1.807, 2.05) is 0 Å². The number of carbonyl (C=O) groups is 3. The molecule has 0 saturated carbocycles. The second kappa shape index (κ2) is 98.0. The molecule has 0 aromatic rings. The number of aliphatic hydroxyl groups excluding tert-OH is 2. The molecule has 0 radical (unpaired) electrons. The minimum absolute atomic E-state index is 0.0944. The first-order valence-corrected chi connectivity index (χ1v) is 53.4. The number of esters is 3. The van der Waals surface area contributed by atoms with Gasteiger partial charge in [0.15, 0.2) is 6.10 Å². The molecule has 0 aliphatic rings. The van der Waals surface area contributed by atoms with Crippen molar-refractivity contribution in [2.45, 2.75) is 450 Å². The monoisotopic (exact) mass is 1790 g/mol. The fraction of sp³-hybridized carbons (Fsp3) is 0.710. The maximum Gasteiger partial charge on any atom is 0.472 e. The van der Waals surface area contributed by atoms with Crippen LogP contribution in [0.15, 0.2) is 170 Å². The molecule has 0 fully saturated rings. The van der Waals surface area contributed by atoms with Crippen molar-refractivity contribution >= 4 is 33.6 Å². The number of rotatable bonds is 95. The molecule has 16 nitrogen and oxygen atoms in total. The Hall–Kier alpha value is -5.09. The summed E-state index contributed by atoms with van der Waals surface area (Å²) in [6.45, 7) is 2.57. The molecule has 0 amide bonds.